The summed E-state index contributed by atoms with van der Waals surface area (Å²) in [7, 11) is 0. The molecule has 7 nitrogen and oxygen atoms in total. The normalized spacial score (nSPS) is 14.1. The molecule has 0 amide bonds. The molecule has 2 aromatic heterocycles. The molecular formula is C21H13ClF5N5O2. The maximum absolute atomic E-state index is 14.1. The van der Waals surface area contributed by atoms with Crippen molar-refractivity contribution in [1.29, 1.82) is 5.26 Å². The molecule has 13 heteroatoms. The molecule has 3 heterocycles. The molecular weight excluding hydrogens is 485 g/mol. The zero-order valence-electron chi connectivity index (χ0n) is 17.0. The van der Waals surface area contributed by atoms with Crippen LogP contribution in [0.3, 0.4) is 0 Å². The molecule has 0 N–H and O–H groups in total. The van der Waals surface area contributed by atoms with Gasteiger partial charge in [-0.2, -0.15) is 18.4 Å². The number of anilines is 1. The number of alkyl halides is 3. The minimum absolute atomic E-state index is 0.0739. The Bertz CT molecular complexity index is 1440. The predicted molar refractivity (Wildman–Crippen MR) is 112 cm³/mol. The van der Waals surface area contributed by atoms with Gasteiger partial charge in [0.15, 0.2) is 11.6 Å². The molecule has 0 radical (unpaired) electrons. The van der Waals surface area contributed by atoms with Gasteiger partial charge in [-0.3, -0.25) is 14.3 Å². The minimum Gasteiger partial charge on any atom is -0.356 e. The Morgan fingerprint density at radius 1 is 1.12 bits per heavy atom. The first-order chi connectivity index (χ1) is 16.0. The fourth-order valence-electron chi connectivity index (χ4n) is 3.70. The van der Waals surface area contributed by atoms with Crippen LogP contribution in [0, 0.1) is 28.9 Å². The van der Waals surface area contributed by atoms with Gasteiger partial charge in [0, 0.05) is 19.3 Å². The second-order valence-corrected chi connectivity index (χ2v) is 7.94. The highest BCUT2D eigenvalue weighted by atomic mass is 35.5. The van der Waals surface area contributed by atoms with Crippen molar-refractivity contribution in [3.63, 3.8) is 0 Å². The number of nitrogens with zero attached hydrogens (tertiary/aromatic N) is 5. The van der Waals surface area contributed by atoms with Gasteiger partial charge in [-0.1, -0.05) is 17.7 Å². The SMILES string of the molecule is N#CCn1c(N2CC(C(F)(F)F)C2)c(-c2ccc(F)c(F)c2)c(=O)n(-c2cncc(Cl)c2)c1=O. The number of halogens is 6. The van der Waals surface area contributed by atoms with Crippen molar-refractivity contribution in [3.8, 4) is 22.9 Å². The van der Waals surface area contributed by atoms with Gasteiger partial charge in [0.2, 0.25) is 0 Å². The van der Waals surface area contributed by atoms with E-state index in [-0.39, 0.29) is 27.7 Å². The summed E-state index contributed by atoms with van der Waals surface area (Å²) in [6, 6.07) is 5.48. The molecule has 0 spiro atoms. The zero-order valence-corrected chi connectivity index (χ0v) is 17.7. The first kappa shape index (κ1) is 23.4. The van der Waals surface area contributed by atoms with E-state index in [0.29, 0.717) is 10.6 Å². The van der Waals surface area contributed by atoms with Gasteiger partial charge < -0.3 is 4.90 Å². The van der Waals surface area contributed by atoms with Crippen molar-refractivity contribution in [2.45, 2.75) is 12.7 Å². The van der Waals surface area contributed by atoms with Gasteiger partial charge in [0.05, 0.1) is 34.5 Å². The van der Waals surface area contributed by atoms with Crippen LogP contribution in [0.25, 0.3) is 16.8 Å². The van der Waals surface area contributed by atoms with Crippen molar-refractivity contribution >= 4 is 17.4 Å². The summed E-state index contributed by atoms with van der Waals surface area (Å²) >= 11 is 5.92. The Morgan fingerprint density at radius 2 is 1.82 bits per heavy atom. The summed E-state index contributed by atoms with van der Waals surface area (Å²) < 4.78 is 68.4. The van der Waals surface area contributed by atoms with Crippen LogP contribution in [0.2, 0.25) is 5.02 Å². The topological polar surface area (TPSA) is 83.9 Å². The summed E-state index contributed by atoms with van der Waals surface area (Å²) in [5, 5.41) is 9.37. The largest absolute Gasteiger partial charge is 0.395 e. The van der Waals surface area contributed by atoms with E-state index in [4.69, 9.17) is 11.6 Å². The molecule has 0 unspecified atom stereocenters. The molecule has 176 valence electrons. The van der Waals surface area contributed by atoms with E-state index < -0.39 is 54.6 Å². The number of nitriles is 1. The van der Waals surface area contributed by atoms with Crippen molar-refractivity contribution in [1.82, 2.24) is 14.1 Å². The van der Waals surface area contributed by atoms with E-state index in [1.54, 1.807) is 6.07 Å². The maximum Gasteiger partial charge on any atom is 0.395 e. The lowest BCUT2D eigenvalue weighted by Gasteiger charge is -2.43. The number of hydrogen-bond acceptors (Lipinski definition) is 5. The van der Waals surface area contributed by atoms with Gasteiger partial charge in [0.25, 0.3) is 5.56 Å². The zero-order chi connectivity index (χ0) is 24.8. The van der Waals surface area contributed by atoms with E-state index in [1.165, 1.54) is 12.3 Å². The van der Waals surface area contributed by atoms with Crippen LogP contribution in [-0.4, -0.2) is 33.4 Å². The van der Waals surface area contributed by atoms with Crippen molar-refractivity contribution in [2.75, 3.05) is 18.0 Å². The average Bonchev–Trinajstić information content (AvgIpc) is 2.71. The third-order valence-electron chi connectivity index (χ3n) is 5.35. The fraction of sp³-hybridized carbons (Fsp3) is 0.238. The van der Waals surface area contributed by atoms with Crippen molar-refractivity contribution < 1.29 is 22.0 Å². The highest BCUT2D eigenvalue weighted by Gasteiger charge is 2.48. The van der Waals surface area contributed by atoms with Crippen LogP contribution >= 0.6 is 11.6 Å². The second-order valence-electron chi connectivity index (χ2n) is 7.50. The Labute approximate surface area is 192 Å². The molecule has 34 heavy (non-hydrogen) atoms. The average molecular weight is 498 g/mol. The predicted octanol–water partition coefficient (Wildman–Crippen LogP) is 3.51. The van der Waals surface area contributed by atoms with E-state index in [2.05, 4.69) is 4.98 Å². The van der Waals surface area contributed by atoms with Gasteiger partial charge in [-0.15, -0.1) is 0 Å². The molecule has 0 saturated carbocycles. The van der Waals surface area contributed by atoms with Gasteiger partial charge in [-0.25, -0.2) is 18.1 Å². The summed E-state index contributed by atoms with van der Waals surface area (Å²) in [6.45, 7) is -1.81. The highest BCUT2D eigenvalue weighted by molar-refractivity contribution is 6.30. The van der Waals surface area contributed by atoms with Crippen molar-refractivity contribution in [3.05, 3.63) is 74.2 Å². The molecule has 3 aromatic rings. The number of aromatic nitrogens is 3. The third kappa shape index (κ3) is 4.03. The van der Waals surface area contributed by atoms with E-state index in [0.717, 1.165) is 27.8 Å². The summed E-state index contributed by atoms with van der Waals surface area (Å²) in [5.74, 6) is -4.55. The molecule has 1 aromatic carbocycles. The van der Waals surface area contributed by atoms with Crippen LogP contribution in [0.5, 0.6) is 0 Å². The van der Waals surface area contributed by atoms with Crippen molar-refractivity contribution in [2.24, 2.45) is 5.92 Å². The van der Waals surface area contributed by atoms with Crippen LogP contribution in [0.4, 0.5) is 27.8 Å². The monoisotopic (exact) mass is 497 g/mol. The molecule has 1 fully saturated rings. The smallest absolute Gasteiger partial charge is 0.356 e. The number of rotatable bonds is 4. The van der Waals surface area contributed by atoms with E-state index in [9.17, 15) is 36.8 Å². The molecule has 0 aliphatic carbocycles. The first-order valence-corrected chi connectivity index (χ1v) is 10.1. The molecule has 1 saturated heterocycles. The highest BCUT2D eigenvalue weighted by Crippen LogP contribution is 2.39. The molecule has 1 aliphatic rings. The Kier molecular flexibility index (Phi) is 5.91. The molecule has 4 rings (SSSR count). The van der Waals surface area contributed by atoms with Crippen LogP contribution in [0.15, 0.2) is 46.2 Å². The fourth-order valence-corrected chi connectivity index (χ4v) is 3.86. The number of hydrogen-bond donors (Lipinski definition) is 0. The van der Waals surface area contributed by atoms with Crippen LogP contribution in [-0.2, 0) is 6.54 Å². The van der Waals surface area contributed by atoms with E-state index in [1.807, 2.05) is 0 Å². The summed E-state index contributed by atoms with van der Waals surface area (Å²) in [5.41, 5.74) is -2.72. The molecule has 0 atom stereocenters. The van der Waals surface area contributed by atoms with Gasteiger partial charge in [0.1, 0.15) is 12.4 Å². The van der Waals surface area contributed by atoms with Gasteiger partial charge in [-0.05, 0) is 23.8 Å². The standard InChI is InChI=1S/C21H13ClF5N5O2/c22-13-6-14(8-29-7-13)32-19(33)17(11-1-2-15(23)16(24)5-11)18(31(4-3-28)20(32)34)30-9-12(10-30)21(25,26)27/h1-2,5-8,12H,4,9-10H2. The Hall–Kier alpha value is -3.72. The van der Waals surface area contributed by atoms with Crippen LogP contribution < -0.4 is 16.1 Å². The Balaban J connectivity index is 2.05. The quantitative estimate of drug-likeness (QED) is 0.515. The molecule has 0 bridgehead atoms. The molecule has 1 aliphatic heterocycles. The van der Waals surface area contributed by atoms with Crippen LogP contribution in [0.1, 0.15) is 0 Å². The Morgan fingerprint density at radius 3 is 2.41 bits per heavy atom. The number of benzene rings is 1. The number of pyridine rings is 1. The third-order valence-corrected chi connectivity index (χ3v) is 5.55. The lowest BCUT2D eigenvalue weighted by Crippen LogP contribution is -2.56. The van der Waals surface area contributed by atoms with Gasteiger partial charge >= 0.3 is 11.9 Å². The maximum atomic E-state index is 14.1. The summed E-state index contributed by atoms with van der Waals surface area (Å²) in [6.07, 6.45) is -2.13. The first-order valence-electron chi connectivity index (χ1n) is 9.67. The second kappa shape index (κ2) is 8.57. The lowest BCUT2D eigenvalue weighted by atomic mass is 9.97. The lowest BCUT2D eigenvalue weighted by molar-refractivity contribution is -0.180. The minimum atomic E-state index is -4.51. The van der Waals surface area contributed by atoms with E-state index >= 15 is 0 Å². The summed E-state index contributed by atoms with van der Waals surface area (Å²) in [4.78, 5) is 31.7.